The van der Waals surface area contributed by atoms with E-state index in [4.69, 9.17) is 0 Å². The molecule has 0 saturated carbocycles. The highest BCUT2D eigenvalue weighted by Gasteiger charge is 2.35. The van der Waals surface area contributed by atoms with E-state index in [1.165, 1.54) is 11.6 Å². The molecule has 1 heterocycles. The Morgan fingerprint density at radius 1 is 1.25 bits per heavy atom. The van der Waals surface area contributed by atoms with Crippen LogP contribution in [0.4, 0.5) is 10.1 Å². The number of para-hydroxylation sites is 1. The molecule has 1 aliphatic rings. The highest BCUT2D eigenvalue weighted by molar-refractivity contribution is 5.56. The number of nitrogens with one attached hydrogen (secondary N) is 2. The Morgan fingerprint density at radius 3 is 2.79 bits per heavy atom. The number of likely N-dealkylation sites (N-methyl/N-ethyl adjacent to an activating group) is 1. The molecular formula is C20H25FN2O. The molecule has 0 bridgehead atoms. The molecule has 0 spiro atoms. The van der Waals surface area contributed by atoms with Crippen molar-refractivity contribution in [2.75, 3.05) is 18.9 Å². The van der Waals surface area contributed by atoms with Crippen LogP contribution in [-0.2, 0) is 0 Å². The van der Waals surface area contributed by atoms with Crippen LogP contribution in [0.25, 0.3) is 0 Å². The summed E-state index contributed by atoms with van der Waals surface area (Å²) in [7, 11) is 1.82. The number of fused-ring (bicyclic) bond motifs is 1. The molecule has 0 radical (unpaired) electrons. The first-order valence-electron chi connectivity index (χ1n) is 8.53. The van der Waals surface area contributed by atoms with Crippen LogP contribution in [-0.4, -0.2) is 30.8 Å². The van der Waals surface area contributed by atoms with Gasteiger partial charge in [0.05, 0.1) is 6.10 Å². The molecule has 2 aromatic rings. The zero-order valence-corrected chi connectivity index (χ0v) is 14.2. The van der Waals surface area contributed by atoms with Crippen molar-refractivity contribution in [1.29, 1.82) is 0 Å². The van der Waals surface area contributed by atoms with Crippen LogP contribution in [0.2, 0.25) is 0 Å². The summed E-state index contributed by atoms with van der Waals surface area (Å²) in [5.74, 6) is -0.272. The fourth-order valence-electron chi connectivity index (χ4n) is 3.90. The number of rotatable bonds is 5. The zero-order valence-electron chi connectivity index (χ0n) is 14.2. The number of aliphatic hydroxyl groups is 1. The minimum atomic E-state index is -0.583. The predicted octanol–water partition coefficient (Wildman–Crippen LogP) is 3.48. The van der Waals surface area contributed by atoms with Crippen LogP contribution in [0.3, 0.4) is 0 Å². The Morgan fingerprint density at radius 2 is 2.04 bits per heavy atom. The molecule has 128 valence electrons. The molecule has 0 aliphatic carbocycles. The lowest BCUT2D eigenvalue weighted by Gasteiger charge is -2.38. The van der Waals surface area contributed by atoms with Crippen molar-refractivity contribution in [3.05, 3.63) is 65.5 Å². The van der Waals surface area contributed by atoms with Gasteiger partial charge in [-0.2, -0.15) is 0 Å². The summed E-state index contributed by atoms with van der Waals surface area (Å²) >= 11 is 0. The normalized spacial score (nSPS) is 22.3. The SMILES string of the molecule is CNCC(O)C(c1cccc(F)c1)C1CC(C)Nc2ccccc21. The molecule has 4 unspecified atom stereocenters. The smallest absolute Gasteiger partial charge is 0.123 e. The van der Waals surface area contributed by atoms with Crippen LogP contribution >= 0.6 is 0 Å². The van der Waals surface area contributed by atoms with E-state index < -0.39 is 6.10 Å². The monoisotopic (exact) mass is 328 g/mol. The van der Waals surface area contributed by atoms with Crippen molar-refractivity contribution >= 4 is 5.69 Å². The zero-order chi connectivity index (χ0) is 17.1. The van der Waals surface area contributed by atoms with E-state index >= 15 is 0 Å². The van der Waals surface area contributed by atoms with Crippen molar-refractivity contribution in [3.8, 4) is 0 Å². The molecule has 2 aromatic carbocycles. The van der Waals surface area contributed by atoms with E-state index in [2.05, 4.69) is 29.7 Å². The first-order chi connectivity index (χ1) is 11.6. The number of aliphatic hydroxyl groups excluding tert-OH is 1. The van der Waals surface area contributed by atoms with Gasteiger partial charge in [-0.25, -0.2) is 4.39 Å². The van der Waals surface area contributed by atoms with Gasteiger partial charge < -0.3 is 15.7 Å². The summed E-state index contributed by atoms with van der Waals surface area (Å²) in [5.41, 5.74) is 3.16. The quantitative estimate of drug-likeness (QED) is 0.787. The Balaban J connectivity index is 2.05. The summed E-state index contributed by atoms with van der Waals surface area (Å²) in [6.45, 7) is 2.62. The number of hydrogen-bond acceptors (Lipinski definition) is 3. The highest BCUT2D eigenvalue weighted by atomic mass is 19.1. The standard InChI is InChI=1S/C20H25FN2O/c1-13-10-17(16-8-3-4-9-18(16)23-13)20(19(24)12-22-2)14-6-5-7-15(21)11-14/h3-9,11,13,17,19-20,22-24H,10,12H2,1-2H3. The number of anilines is 1. The minimum Gasteiger partial charge on any atom is -0.391 e. The lowest BCUT2D eigenvalue weighted by atomic mass is 9.73. The molecule has 0 saturated heterocycles. The maximum atomic E-state index is 13.8. The first kappa shape index (κ1) is 16.9. The average molecular weight is 328 g/mol. The second-order valence-electron chi connectivity index (χ2n) is 6.68. The van der Waals surface area contributed by atoms with E-state index in [1.54, 1.807) is 12.1 Å². The third-order valence-electron chi connectivity index (χ3n) is 4.86. The van der Waals surface area contributed by atoms with Gasteiger partial charge in [-0.15, -0.1) is 0 Å². The maximum absolute atomic E-state index is 13.8. The van der Waals surface area contributed by atoms with Crippen molar-refractivity contribution in [1.82, 2.24) is 5.32 Å². The lowest BCUT2D eigenvalue weighted by Crippen LogP contribution is -2.37. The van der Waals surface area contributed by atoms with Crippen molar-refractivity contribution in [2.24, 2.45) is 0 Å². The topological polar surface area (TPSA) is 44.3 Å². The molecule has 3 N–H and O–H groups in total. The molecule has 24 heavy (non-hydrogen) atoms. The van der Waals surface area contributed by atoms with Gasteiger partial charge in [0.15, 0.2) is 0 Å². The fraction of sp³-hybridized carbons (Fsp3) is 0.400. The van der Waals surface area contributed by atoms with Gasteiger partial charge in [-0.1, -0.05) is 30.3 Å². The largest absolute Gasteiger partial charge is 0.391 e. The summed E-state index contributed by atoms with van der Waals surface area (Å²) in [4.78, 5) is 0. The van der Waals surface area contributed by atoms with E-state index in [9.17, 15) is 9.50 Å². The van der Waals surface area contributed by atoms with E-state index in [0.717, 1.165) is 17.7 Å². The number of halogens is 1. The first-order valence-corrected chi connectivity index (χ1v) is 8.53. The second-order valence-corrected chi connectivity index (χ2v) is 6.68. The van der Waals surface area contributed by atoms with Crippen LogP contribution in [0, 0.1) is 5.82 Å². The van der Waals surface area contributed by atoms with Gasteiger partial charge in [-0.3, -0.25) is 0 Å². The summed E-state index contributed by atoms with van der Waals surface area (Å²) in [6.07, 6.45) is 0.319. The Kier molecular flexibility index (Phi) is 5.17. The van der Waals surface area contributed by atoms with Crippen molar-refractivity contribution in [3.63, 3.8) is 0 Å². The third kappa shape index (κ3) is 3.45. The number of benzene rings is 2. The van der Waals surface area contributed by atoms with Gasteiger partial charge in [0, 0.05) is 24.2 Å². The fourth-order valence-corrected chi connectivity index (χ4v) is 3.90. The summed E-state index contributed by atoms with van der Waals surface area (Å²) in [5, 5.41) is 17.4. The maximum Gasteiger partial charge on any atom is 0.123 e. The van der Waals surface area contributed by atoms with E-state index in [1.807, 2.05) is 25.2 Å². The van der Waals surface area contributed by atoms with Crippen LogP contribution in [0.1, 0.15) is 36.3 Å². The second kappa shape index (κ2) is 7.32. The summed E-state index contributed by atoms with van der Waals surface area (Å²) in [6, 6.07) is 15.2. The van der Waals surface area contributed by atoms with Crippen LogP contribution < -0.4 is 10.6 Å². The molecule has 0 fully saturated rings. The Labute approximate surface area is 142 Å². The van der Waals surface area contributed by atoms with Crippen molar-refractivity contribution in [2.45, 2.75) is 37.3 Å². The van der Waals surface area contributed by atoms with Crippen molar-refractivity contribution < 1.29 is 9.50 Å². The average Bonchev–Trinajstić information content (AvgIpc) is 2.55. The van der Waals surface area contributed by atoms with Gasteiger partial charge in [0.1, 0.15) is 5.82 Å². The molecule has 4 heteroatoms. The Hall–Kier alpha value is -1.91. The third-order valence-corrected chi connectivity index (χ3v) is 4.86. The minimum absolute atomic E-state index is 0.141. The Bertz CT molecular complexity index is 691. The van der Waals surface area contributed by atoms with Gasteiger partial charge in [-0.05, 0) is 55.6 Å². The van der Waals surface area contributed by atoms with Gasteiger partial charge in [0.2, 0.25) is 0 Å². The van der Waals surface area contributed by atoms with Gasteiger partial charge >= 0.3 is 0 Å². The van der Waals surface area contributed by atoms with E-state index in [0.29, 0.717) is 12.6 Å². The number of hydrogen-bond donors (Lipinski definition) is 3. The molecule has 3 rings (SSSR count). The predicted molar refractivity (Wildman–Crippen MR) is 96.0 cm³/mol. The lowest BCUT2D eigenvalue weighted by molar-refractivity contribution is 0.127. The molecular weight excluding hydrogens is 303 g/mol. The van der Waals surface area contributed by atoms with E-state index in [-0.39, 0.29) is 17.7 Å². The summed E-state index contributed by atoms with van der Waals surface area (Å²) < 4.78 is 13.8. The van der Waals surface area contributed by atoms with Crippen LogP contribution in [0.15, 0.2) is 48.5 Å². The molecule has 1 aliphatic heterocycles. The molecule has 4 atom stereocenters. The molecule has 0 aromatic heterocycles. The molecule has 0 amide bonds. The van der Waals surface area contributed by atoms with Gasteiger partial charge in [0.25, 0.3) is 0 Å². The molecule has 3 nitrogen and oxygen atoms in total. The van der Waals surface area contributed by atoms with Crippen LogP contribution in [0.5, 0.6) is 0 Å². The highest BCUT2D eigenvalue weighted by Crippen LogP contribution is 2.44.